The van der Waals surface area contributed by atoms with Crippen LogP contribution in [-0.4, -0.2) is 15.0 Å². The van der Waals surface area contributed by atoms with Crippen molar-refractivity contribution in [3.05, 3.63) is 207 Å². The van der Waals surface area contributed by atoms with Crippen LogP contribution in [0, 0.1) is 0 Å². The molecule has 6 aromatic carbocycles. The fourth-order valence-corrected chi connectivity index (χ4v) is 8.95. The summed E-state index contributed by atoms with van der Waals surface area (Å²) in [7, 11) is 0. The summed E-state index contributed by atoms with van der Waals surface area (Å²) < 4.78 is 6.48. The van der Waals surface area contributed by atoms with Crippen molar-refractivity contribution in [2.75, 3.05) is 14.7 Å². The lowest BCUT2D eigenvalue weighted by Crippen LogP contribution is -2.21. The minimum atomic E-state index is 0.751. The number of hydrogen-bond donors (Lipinski definition) is 0. The number of rotatable bonds is 7. The van der Waals surface area contributed by atoms with Gasteiger partial charge in [0.15, 0.2) is 11.5 Å². The highest BCUT2D eigenvalue weighted by Crippen LogP contribution is 2.54. The molecule has 2 aliphatic heterocycles. The van der Waals surface area contributed by atoms with Crippen LogP contribution in [0.2, 0.25) is 0 Å². The molecule has 280 valence electrons. The molecule has 0 atom stereocenters. The highest BCUT2D eigenvalue weighted by molar-refractivity contribution is 7.99. The maximum absolute atomic E-state index is 6.48. The standard InChI is InChI=1S/C51H34N6OS/c1-5-13-46-42(9-1)56(43-10-2-6-14-47(43)58-46)50-33-41(34-51(54-50)57-44-11-3-7-15-48(44)59-49-16-8-4-12-45(49)57)55(39-21-17-35(18-22-39)37-25-29-52-30-26-37)40-23-19-36(20-24-40)38-27-31-53-32-28-38/h1-34H. The highest BCUT2D eigenvalue weighted by atomic mass is 32.2. The van der Waals surface area contributed by atoms with Crippen molar-refractivity contribution >= 4 is 63.2 Å². The molecule has 0 aliphatic carbocycles. The van der Waals surface area contributed by atoms with E-state index < -0.39 is 0 Å². The van der Waals surface area contributed by atoms with Gasteiger partial charge < -0.3 is 9.64 Å². The number of pyridine rings is 3. The fraction of sp³-hybridized carbons (Fsp3) is 0. The minimum absolute atomic E-state index is 0.751. The summed E-state index contributed by atoms with van der Waals surface area (Å²) in [5.74, 6) is 3.06. The Hall–Kier alpha value is -7.68. The average molecular weight is 779 g/mol. The van der Waals surface area contributed by atoms with Gasteiger partial charge >= 0.3 is 0 Å². The topological polar surface area (TPSA) is 57.6 Å². The smallest absolute Gasteiger partial charge is 0.151 e. The molecule has 0 fully saturated rings. The summed E-state index contributed by atoms with van der Waals surface area (Å²) in [4.78, 5) is 23.2. The van der Waals surface area contributed by atoms with E-state index in [9.17, 15) is 0 Å². The van der Waals surface area contributed by atoms with E-state index in [2.05, 4.69) is 146 Å². The Balaban J connectivity index is 1.16. The first-order chi connectivity index (χ1) is 29.2. The number of ether oxygens (including phenoxy) is 1. The molecule has 0 saturated carbocycles. The fourth-order valence-electron chi connectivity index (χ4n) is 7.89. The number of para-hydroxylation sites is 6. The van der Waals surface area contributed by atoms with Crippen molar-refractivity contribution in [1.29, 1.82) is 0 Å². The van der Waals surface area contributed by atoms with Gasteiger partial charge in [-0.1, -0.05) is 84.6 Å². The second kappa shape index (κ2) is 14.7. The molecule has 9 aromatic rings. The van der Waals surface area contributed by atoms with E-state index in [1.165, 1.54) is 0 Å². The Morgan fingerprint density at radius 2 is 0.780 bits per heavy atom. The molecule has 0 N–H and O–H groups in total. The molecule has 0 radical (unpaired) electrons. The largest absolute Gasteiger partial charge is 0.453 e. The van der Waals surface area contributed by atoms with E-state index >= 15 is 0 Å². The Bertz CT molecular complexity index is 2670. The minimum Gasteiger partial charge on any atom is -0.453 e. The van der Waals surface area contributed by atoms with Gasteiger partial charge in [-0.15, -0.1) is 0 Å². The first-order valence-corrected chi connectivity index (χ1v) is 20.2. The predicted octanol–water partition coefficient (Wildman–Crippen LogP) is 14.2. The SMILES string of the molecule is c1ccc2c(c1)Oc1ccccc1N2c1cc(N(c2ccc(-c3ccncc3)cc2)c2ccc(-c3ccncc3)cc2)cc(N2c3ccccc3Sc3ccccc32)n1. The third-order valence-corrected chi connectivity index (χ3v) is 11.8. The summed E-state index contributed by atoms with van der Waals surface area (Å²) >= 11 is 1.78. The van der Waals surface area contributed by atoms with Crippen molar-refractivity contribution in [1.82, 2.24) is 15.0 Å². The van der Waals surface area contributed by atoms with Crippen molar-refractivity contribution < 1.29 is 4.74 Å². The number of fused-ring (bicyclic) bond motifs is 4. The molecule has 0 spiro atoms. The maximum atomic E-state index is 6.48. The Morgan fingerprint density at radius 1 is 0.390 bits per heavy atom. The van der Waals surface area contributed by atoms with E-state index in [-0.39, 0.29) is 0 Å². The highest BCUT2D eigenvalue weighted by Gasteiger charge is 2.31. The molecule has 2 aliphatic rings. The first-order valence-electron chi connectivity index (χ1n) is 19.4. The molecule has 3 aromatic heterocycles. The van der Waals surface area contributed by atoms with E-state index in [0.717, 1.165) is 95.0 Å². The Kier molecular flexibility index (Phi) is 8.60. The number of aromatic nitrogens is 3. The molecule has 0 amide bonds. The van der Waals surface area contributed by atoms with Crippen LogP contribution in [0.1, 0.15) is 0 Å². The molecular formula is C51H34N6OS. The van der Waals surface area contributed by atoms with Gasteiger partial charge in [0.25, 0.3) is 0 Å². The summed E-state index contributed by atoms with van der Waals surface area (Å²) in [6.45, 7) is 0. The van der Waals surface area contributed by atoms with Gasteiger partial charge in [-0.05, 0) is 119 Å². The van der Waals surface area contributed by atoms with E-state index in [0.29, 0.717) is 0 Å². The molecule has 0 unspecified atom stereocenters. The molecular weight excluding hydrogens is 745 g/mol. The zero-order chi connectivity index (χ0) is 39.1. The van der Waals surface area contributed by atoms with E-state index in [1.807, 2.05) is 85.5 Å². The predicted molar refractivity (Wildman–Crippen MR) is 239 cm³/mol. The molecule has 8 heteroatoms. The van der Waals surface area contributed by atoms with Crippen LogP contribution in [0.4, 0.5) is 51.4 Å². The van der Waals surface area contributed by atoms with Crippen LogP contribution in [-0.2, 0) is 0 Å². The zero-order valence-corrected chi connectivity index (χ0v) is 32.4. The second-order valence-electron chi connectivity index (χ2n) is 14.2. The van der Waals surface area contributed by atoms with Gasteiger partial charge in [-0.2, -0.15) is 0 Å². The van der Waals surface area contributed by atoms with E-state index in [1.54, 1.807) is 11.8 Å². The van der Waals surface area contributed by atoms with Gasteiger partial charge in [0.05, 0.1) is 28.4 Å². The lowest BCUT2D eigenvalue weighted by atomic mass is 10.0. The molecule has 7 nitrogen and oxygen atoms in total. The first kappa shape index (κ1) is 34.6. The molecule has 59 heavy (non-hydrogen) atoms. The van der Waals surface area contributed by atoms with E-state index in [4.69, 9.17) is 9.72 Å². The summed E-state index contributed by atoms with van der Waals surface area (Å²) in [5.41, 5.74) is 11.3. The molecule has 0 saturated heterocycles. The van der Waals surface area contributed by atoms with Crippen LogP contribution >= 0.6 is 11.8 Å². The van der Waals surface area contributed by atoms with Crippen molar-refractivity contribution in [3.8, 4) is 33.8 Å². The normalized spacial score (nSPS) is 12.4. The van der Waals surface area contributed by atoms with Crippen LogP contribution in [0.5, 0.6) is 11.5 Å². The van der Waals surface area contributed by atoms with Gasteiger partial charge in [0.1, 0.15) is 11.6 Å². The second-order valence-corrected chi connectivity index (χ2v) is 15.3. The third kappa shape index (κ3) is 6.32. The Labute approximate surface area is 346 Å². The van der Waals surface area contributed by atoms with Crippen molar-refractivity contribution in [2.24, 2.45) is 0 Å². The number of nitrogens with zero attached hydrogens (tertiary/aromatic N) is 6. The number of anilines is 9. The van der Waals surface area contributed by atoms with Crippen LogP contribution < -0.4 is 19.4 Å². The van der Waals surface area contributed by atoms with Crippen molar-refractivity contribution in [3.63, 3.8) is 0 Å². The lowest BCUT2D eigenvalue weighted by molar-refractivity contribution is 0.476. The van der Waals surface area contributed by atoms with Crippen LogP contribution in [0.15, 0.2) is 217 Å². The van der Waals surface area contributed by atoms with Gasteiger partial charge in [-0.25, -0.2) is 4.98 Å². The zero-order valence-electron chi connectivity index (χ0n) is 31.6. The third-order valence-electron chi connectivity index (χ3n) is 10.6. The maximum Gasteiger partial charge on any atom is 0.151 e. The monoisotopic (exact) mass is 778 g/mol. The van der Waals surface area contributed by atoms with Gasteiger partial charge in [0, 0.05) is 58.1 Å². The number of benzene rings is 6. The van der Waals surface area contributed by atoms with Crippen LogP contribution in [0.25, 0.3) is 22.3 Å². The lowest BCUT2D eigenvalue weighted by Gasteiger charge is -2.36. The molecule has 11 rings (SSSR count). The summed E-state index contributed by atoms with van der Waals surface area (Å²) in [5, 5.41) is 0. The van der Waals surface area contributed by atoms with Crippen molar-refractivity contribution in [2.45, 2.75) is 9.79 Å². The van der Waals surface area contributed by atoms with Crippen LogP contribution in [0.3, 0.4) is 0 Å². The number of hydrogen-bond acceptors (Lipinski definition) is 8. The average Bonchev–Trinajstić information content (AvgIpc) is 3.31. The summed E-state index contributed by atoms with van der Waals surface area (Å²) in [6, 6.07) is 63.4. The molecule has 0 bridgehead atoms. The quantitative estimate of drug-likeness (QED) is 0.159. The van der Waals surface area contributed by atoms with Gasteiger partial charge in [0.2, 0.25) is 0 Å². The van der Waals surface area contributed by atoms with Gasteiger partial charge in [-0.3, -0.25) is 19.8 Å². The Morgan fingerprint density at radius 3 is 1.25 bits per heavy atom. The molecule has 5 heterocycles. The summed E-state index contributed by atoms with van der Waals surface area (Å²) in [6.07, 6.45) is 7.32.